The molecule has 1 aromatic rings. The lowest BCUT2D eigenvalue weighted by atomic mass is 10.2. The number of amides is 1. The third-order valence-electron chi connectivity index (χ3n) is 3.10. The summed E-state index contributed by atoms with van der Waals surface area (Å²) in [6, 6.07) is -0.0110. The lowest BCUT2D eigenvalue weighted by Gasteiger charge is -2.17. The van der Waals surface area contributed by atoms with Gasteiger partial charge >= 0.3 is 5.97 Å². The predicted octanol–water partition coefficient (Wildman–Crippen LogP) is 0.431. The fraction of sp³-hybridized carbons (Fsp3) is 0.667. The highest BCUT2D eigenvalue weighted by Crippen LogP contribution is 2.21. The summed E-state index contributed by atoms with van der Waals surface area (Å²) in [6.45, 7) is 2.73. The van der Waals surface area contributed by atoms with Gasteiger partial charge in [0.1, 0.15) is 6.54 Å². The van der Waals surface area contributed by atoms with Crippen LogP contribution in [-0.4, -0.2) is 51.7 Å². The van der Waals surface area contributed by atoms with Gasteiger partial charge in [-0.2, -0.15) is 4.98 Å². The van der Waals surface area contributed by atoms with E-state index >= 15 is 0 Å². The lowest BCUT2D eigenvalue weighted by Crippen LogP contribution is -2.36. The van der Waals surface area contributed by atoms with Crippen molar-refractivity contribution >= 4 is 11.9 Å². The quantitative estimate of drug-likeness (QED) is 0.778. The molecule has 0 spiro atoms. The normalized spacial score (nSPS) is 18.1. The maximum Gasteiger partial charge on any atom is 0.323 e. The number of hydrogen-bond acceptors (Lipinski definition) is 6. The fourth-order valence-corrected chi connectivity index (χ4v) is 2.19. The summed E-state index contributed by atoms with van der Waals surface area (Å²) < 4.78 is 5.08. The van der Waals surface area contributed by atoms with Crippen molar-refractivity contribution in [1.82, 2.24) is 20.4 Å². The minimum absolute atomic E-state index is 0.0110. The summed E-state index contributed by atoms with van der Waals surface area (Å²) in [5.74, 6) is -1.27. The van der Waals surface area contributed by atoms with Crippen molar-refractivity contribution in [2.75, 3.05) is 19.6 Å². The van der Waals surface area contributed by atoms with E-state index in [4.69, 9.17) is 9.63 Å². The van der Waals surface area contributed by atoms with Crippen molar-refractivity contribution in [3.8, 4) is 0 Å². The zero-order chi connectivity index (χ0) is 14.5. The number of carbonyl (C=O) groups is 2. The number of rotatable bonds is 6. The first-order chi connectivity index (χ1) is 9.61. The van der Waals surface area contributed by atoms with Gasteiger partial charge in [-0.3, -0.25) is 9.59 Å². The molecule has 2 heterocycles. The largest absolute Gasteiger partial charge is 0.480 e. The third-order valence-corrected chi connectivity index (χ3v) is 3.10. The molecule has 110 valence electrons. The molecule has 1 aliphatic rings. The SMILES string of the molecule is CCCN(CC(=O)O)C(=O)c1noc(C2CCCN2)n1. The minimum atomic E-state index is -1.06. The number of carboxylic acid groups (broad SMARTS) is 1. The van der Waals surface area contributed by atoms with Crippen molar-refractivity contribution < 1.29 is 19.2 Å². The van der Waals surface area contributed by atoms with E-state index in [9.17, 15) is 9.59 Å². The van der Waals surface area contributed by atoms with Crippen LogP contribution in [0.25, 0.3) is 0 Å². The molecule has 1 aromatic heterocycles. The molecule has 0 radical (unpaired) electrons. The maximum absolute atomic E-state index is 12.2. The van der Waals surface area contributed by atoms with E-state index < -0.39 is 11.9 Å². The van der Waals surface area contributed by atoms with Crippen molar-refractivity contribution in [2.45, 2.75) is 32.2 Å². The zero-order valence-electron chi connectivity index (χ0n) is 11.3. The molecule has 20 heavy (non-hydrogen) atoms. The summed E-state index contributed by atoms with van der Waals surface area (Å²) in [5, 5.41) is 15.7. The van der Waals surface area contributed by atoms with Crippen LogP contribution >= 0.6 is 0 Å². The van der Waals surface area contributed by atoms with E-state index in [1.54, 1.807) is 0 Å². The number of hydrogen-bond donors (Lipinski definition) is 2. The van der Waals surface area contributed by atoms with Crippen LogP contribution in [0.3, 0.4) is 0 Å². The van der Waals surface area contributed by atoms with E-state index in [1.165, 1.54) is 4.90 Å². The second-order valence-electron chi connectivity index (χ2n) is 4.73. The molecule has 2 N–H and O–H groups in total. The first-order valence-corrected chi connectivity index (χ1v) is 6.70. The molecule has 1 saturated heterocycles. The molecule has 8 heteroatoms. The van der Waals surface area contributed by atoms with Gasteiger partial charge in [-0.25, -0.2) is 0 Å². The van der Waals surface area contributed by atoms with Crippen LogP contribution in [0.4, 0.5) is 0 Å². The van der Waals surface area contributed by atoms with Gasteiger partial charge in [0.05, 0.1) is 6.04 Å². The molecule has 1 aliphatic heterocycles. The summed E-state index contributed by atoms with van der Waals surface area (Å²) in [6.07, 6.45) is 2.58. The Morgan fingerprint density at radius 3 is 2.95 bits per heavy atom. The zero-order valence-corrected chi connectivity index (χ0v) is 11.3. The molecule has 1 atom stereocenters. The van der Waals surface area contributed by atoms with Gasteiger partial charge < -0.3 is 19.8 Å². The molecule has 0 aliphatic carbocycles. The Balaban J connectivity index is 2.08. The molecule has 0 saturated carbocycles. The minimum Gasteiger partial charge on any atom is -0.480 e. The highest BCUT2D eigenvalue weighted by molar-refractivity contribution is 5.92. The lowest BCUT2D eigenvalue weighted by molar-refractivity contribution is -0.137. The molecule has 1 unspecified atom stereocenters. The van der Waals surface area contributed by atoms with Gasteiger partial charge in [0.25, 0.3) is 11.7 Å². The molecule has 1 amide bonds. The van der Waals surface area contributed by atoms with Crippen LogP contribution in [0.2, 0.25) is 0 Å². The van der Waals surface area contributed by atoms with Crippen LogP contribution in [0.15, 0.2) is 4.52 Å². The van der Waals surface area contributed by atoms with Gasteiger partial charge in [-0.15, -0.1) is 0 Å². The van der Waals surface area contributed by atoms with Crippen LogP contribution in [0, 0.1) is 0 Å². The van der Waals surface area contributed by atoms with Crippen LogP contribution in [0.5, 0.6) is 0 Å². The topological polar surface area (TPSA) is 109 Å². The highest BCUT2D eigenvalue weighted by atomic mass is 16.5. The number of carbonyl (C=O) groups excluding carboxylic acids is 1. The summed E-state index contributed by atoms with van der Waals surface area (Å²) in [4.78, 5) is 28.2. The Morgan fingerprint density at radius 1 is 1.55 bits per heavy atom. The number of nitrogens with zero attached hydrogens (tertiary/aromatic N) is 3. The Labute approximate surface area is 116 Å². The number of aromatic nitrogens is 2. The second-order valence-corrected chi connectivity index (χ2v) is 4.73. The molecule has 0 aromatic carbocycles. The average molecular weight is 282 g/mol. The molecule has 1 fully saturated rings. The average Bonchev–Trinajstić information content (AvgIpc) is 3.07. The smallest absolute Gasteiger partial charge is 0.323 e. The fourth-order valence-electron chi connectivity index (χ4n) is 2.19. The van der Waals surface area contributed by atoms with Crippen LogP contribution in [0.1, 0.15) is 48.7 Å². The standard InChI is InChI=1S/C12H18N4O4/c1-2-6-16(7-9(17)18)12(19)10-14-11(20-15-10)8-4-3-5-13-8/h8,13H,2-7H2,1H3,(H,17,18). The monoisotopic (exact) mass is 282 g/mol. The van der Waals surface area contributed by atoms with Crippen molar-refractivity contribution in [3.63, 3.8) is 0 Å². The van der Waals surface area contributed by atoms with Gasteiger partial charge in [-0.1, -0.05) is 12.1 Å². The van der Waals surface area contributed by atoms with E-state index in [0.29, 0.717) is 18.9 Å². The van der Waals surface area contributed by atoms with Crippen LogP contribution in [-0.2, 0) is 4.79 Å². The third kappa shape index (κ3) is 3.32. The molecule has 8 nitrogen and oxygen atoms in total. The second kappa shape index (κ2) is 6.47. The summed E-state index contributed by atoms with van der Waals surface area (Å²) in [7, 11) is 0. The molecule has 2 rings (SSSR count). The van der Waals surface area contributed by atoms with E-state index in [0.717, 1.165) is 19.4 Å². The van der Waals surface area contributed by atoms with Crippen molar-refractivity contribution in [3.05, 3.63) is 11.7 Å². The van der Waals surface area contributed by atoms with Gasteiger partial charge in [0.2, 0.25) is 5.89 Å². The van der Waals surface area contributed by atoms with Gasteiger partial charge in [0.15, 0.2) is 0 Å². The van der Waals surface area contributed by atoms with Crippen LogP contribution < -0.4 is 5.32 Å². The highest BCUT2D eigenvalue weighted by Gasteiger charge is 2.27. The summed E-state index contributed by atoms with van der Waals surface area (Å²) >= 11 is 0. The van der Waals surface area contributed by atoms with Crippen molar-refractivity contribution in [1.29, 1.82) is 0 Å². The summed E-state index contributed by atoms with van der Waals surface area (Å²) in [5.41, 5.74) is 0. The Hall–Kier alpha value is -1.96. The Morgan fingerprint density at radius 2 is 2.35 bits per heavy atom. The number of nitrogens with one attached hydrogen (secondary N) is 1. The molecular weight excluding hydrogens is 264 g/mol. The number of aliphatic carboxylic acids is 1. The first-order valence-electron chi connectivity index (χ1n) is 6.70. The first kappa shape index (κ1) is 14.4. The van der Waals surface area contributed by atoms with E-state index in [-0.39, 0.29) is 18.4 Å². The molecular formula is C12H18N4O4. The maximum atomic E-state index is 12.2. The van der Waals surface area contributed by atoms with Gasteiger partial charge in [0, 0.05) is 6.54 Å². The van der Waals surface area contributed by atoms with E-state index in [1.807, 2.05) is 6.92 Å². The number of carboxylic acids is 1. The van der Waals surface area contributed by atoms with E-state index in [2.05, 4.69) is 15.5 Å². The molecule has 0 bridgehead atoms. The van der Waals surface area contributed by atoms with Crippen molar-refractivity contribution in [2.24, 2.45) is 0 Å². The Bertz CT molecular complexity index is 482. The Kier molecular flexibility index (Phi) is 4.67. The van der Waals surface area contributed by atoms with Gasteiger partial charge in [-0.05, 0) is 25.8 Å². The predicted molar refractivity (Wildman–Crippen MR) is 68.1 cm³/mol.